The summed E-state index contributed by atoms with van der Waals surface area (Å²) in [5.41, 5.74) is 0.925. The average molecular weight is 360 g/mol. The third-order valence-corrected chi connectivity index (χ3v) is 3.63. The van der Waals surface area contributed by atoms with Crippen LogP contribution in [0.1, 0.15) is 26.3 Å². The van der Waals surface area contributed by atoms with Crippen molar-refractivity contribution in [1.82, 2.24) is 5.32 Å². The molecule has 0 unspecified atom stereocenters. The van der Waals surface area contributed by atoms with Crippen molar-refractivity contribution in [3.8, 4) is 11.5 Å². The van der Waals surface area contributed by atoms with Crippen LogP contribution < -0.4 is 14.8 Å². The van der Waals surface area contributed by atoms with Crippen LogP contribution in [0.15, 0.2) is 16.6 Å². The van der Waals surface area contributed by atoms with Crippen molar-refractivity contribution in [2.45, 2.75) is 33.4 Å². The molecule has 1 rings (SSSR count). The Kier molecular flexibility index (Phi) is 6.98. The molecule has 118 valence electrons. The first-order valence-corrected chi connectivity index (χ1v) is 7.65. The maximum absolute atomic E-state index is 11.2. The highest BCUT2D eigenvalue weighted by molar-refractivity contribution is 9.10. The molecule has 0 heterocycles. The van der Waals surface area contributed by atoms with E-state index < -0.39 is 12.0 Å². The van der Waals surface area contributed by atoms with E-state index in [1.807, 2.05) is 32.9 Å². The summed E-state index contributed by atoms with van der Waals surface area (Å²) in [7, 11) is 1.58. The van der Waals surface area contributed by atoms with Gasteiger partial charge in [0.25, 0.3) is 0 Å². The summed E-state index contributed by atoms with van der Waals surface area (Å²) in [5.74, 6) is 0.444. The smallest absolute Gasteiger partial charge is 0.320 e. The van der Waals surface area contributed by atoms with Gasteiger partial charge < -0.3 is 19.9 Å². The Morgan fingerprint density at radius 1 is 1.43 bits per heavy atom. The minimum Gasteiger partial charge on any atom is -0.493 e. The van der Waals surface area contributed by atoms with E-state index in [1.54, 1.807) is 7.11 Å². The number of carbonyl (C=O) groups is 1. The van der Waals surface area contributed by atoms with E-state index in [9.17, 15) is 9.90 Å². The second-order valence-corrected chi connectivity index (χ2v) is 5.84. The lowest BCUT2D eigenvalue weighted by Crippen LogP contribution is -2.40. The van der Waals surface area contributed by atoms with Gasteiger partial charge in [-0.3, -0.25) is 4.79 Å². The van der Waals surface area contributed by atoms with Crippen LogP contribution in [0, 0.1) is 5.92 Å². The van der Waals surface area contributed by atoms with Crippen LogP contribution in [-0.2, 0) is 11.3 Å². The monoisotopic (exact) mass is 359 g/mol. The number of nitrogens with one attached hydrogen (secondary N) is 1. The van der Waals surface area contributed by atoms with Crippen molar-refractivity contribution in [1.29, 1.82) is 0 Å². The van der Waals surface area contributed by atoms with E-state index >= 15 is 0 Å². The van der Waals surface area contributed by atoms with Crippen molar-refractivity contribution in [2.75, 3.05) is 13.7 Å². The molecule has 0 aliphatic heterocycles. The summed E-state index contributed by atoms with van der Waals surface area (Å²) in [5, 5.41) is 12.2. The lowest BCUT2D eigenvalue weighted by Gasteiger charge is -2.19. The fourth-order valence-electron chi connectivity index (χ4n) is 2.00. The third kappa shape index (κ3) is 4.89. The minimum absolute atomic E-state index is 0.00975. The first-order valence-electron chi connectivity index (χ1n) is 6.86. The van der Waals surface area contributed by atoms with Gasteiger partial charge in [0.2, 0.25) is 0 Å². The van der Waals surface area contributed by atoms with Gasteiger partial charge in [0.05, 0.1) is 18.2 Å². The number of carboxylic acids is 1. The highest BCUT2D eigenvalue weighted by atomic mass is 79.9. The van der Waals surface area contributed by atoms with E-state index in [2.05, 4.69) is 21.2 Å². The molecule has 0 saturated heterocycles. The molecule has 21 heavy (non-hydrogen) atoms. The summed E-state index contributed by atoms with van der Waals surface area (Å²) in [6.07, 6.45) is 0. The molecular formula is C15H22BrNO4. The molecule has 0 amide bonds. The van der Waals surface area contributed by atoms with Crippen molar-refractivity contribution in [2.24, 2.45) is 5.92 Å². The standard InChI is InChI=1S/C15H22BrNO4/c1-5-21-14-11(16)6-10(7-12(14)20-4)8-17-13(9(2)3)15(18)19/h6-7,9,13,17H,5,8H2,1-4H3,(H,18,19)/t13-/m0/s1. The Balaban J connectivity index is 2.89. The number of halogens is 1. The van der Waals surface area contributed by atoms with Crippen LogP contribution >= 0.6 is 15.9 Å². The van der Waals surface area contributed by atoms with Gasteiger partial charge in [-0.2, -0.15) is 0 Å². The molecule has 0 spiro atoms. The fraction of sp³-hybridized carbons (Fsp3) is 0.533. The Morgan fingerprint density at radius 2 is 2.10 bits per heavy atom. The van der Waals surface area contributed by atoms with Crippen LogP contribution in [0.25, 0.3) is 0 Å². The van der Waals surface area contributed by atoms with Gasteiger partial charge in [-0.1, -0.05) is 13.8 Å². The zero-order valence-corrected chi connectivity index (χ0v) is 14.4. The number of methoxy groups -OCH3 is 1. The highest BCUT2D eigenvalue weighted by Crippen LogP contribution is 2.36. The molecule has 1 aromatic carbocycles. The zero-order chi connectivity index (χ0) is 16.0. The number of aliphatic carboxylic acids is 1. The second-order valence-electron chi connectivity index (χ2n) is 4.98. The van der Waals surface area contributed by atoms with E-state index in [4.69, 9.17) is 9.47 Å². The van der Waals surface area contributed by atoms with E-state index in [-0.39, 0.29) is 5.92 Å². The van der Waals surface area contributed by atoms with Gasteiger partial charge in [-0.15, -0.1) is 0 Å². The first kappa shape index (κ1) is 17.8. The summed E-state index contributed by atoms with van der Waals surface area (Å²) in [6.45, 7) is 6.64. The van der Waals surface area contributed by atoms with Gasteiger partial charge >= 0.3 is 5.97 Å². The number of hydrogen-bond donors (Lipinski definition) is 2. The van der Waals surface area contributed by atoms with E-state index in [1.165, 1.54) is 0 Å². The second kappa shape index (κ2) is 8.24. The van der Waals surface area contributed by atoms with Crippen molar-refractivity contribution >= 4 is 21.9 Å². The van der Waals surface area contributed by atoms with Crippen LogP contribution in [0.2, 0.25) is 0 Å². The Labute approximate surface area is 133 Å². The van der Waals surface area contributed by atoms with Crippen molar-refractivity contribution < 1.29 is 19.4 Å². The Morgan fingerprint density at radius 3 is 2.57 bits per heavy atom. The molecule has 0 fully saturated rings. The van der Waals surface area contributed by atoms with Gasteiger partial charge in [0.15, 0.2) is 11.5 Å². The summed E-state index contributed by atoms with van der Waals surface area (Å²) < 4.78 is 11.6. The van der Waals surface area contributed by atoms with Crippen LogP contribution in [0.4, 0.5) is 0 Å². The summed E-state index contributed by atoms with van der Waals surface area (Å²) >= 11 is 3.46. The number of rotatable bonds is 8. The van der Waals surface area contributed by atoms with Crippen molar-refractivity contribution in [3.05, 3.63) is 22.2 Å². The molecule has 0 radical (unpaired) electrons. The molecule has 1 atom stereocenters. The lowest BCUT2D eigenvalue weighted by atomic mass is 10.0. The number of hydrogen-bond acceptors (Lipinski definition) is 4. The van der Waals surface area contributed by atoms with Gasteiger partial charge in [0, 0.05) is 6.54 Å². The predicted octanol–water partition coefficient (Wildman–Crippen LogP) is 3.06. The van der Waals surface area contributed by atoms with E-state index in [0.29, 0.717) is 24.7 Å². The first-order chi connectivity index (χ1) is 9.90. The lowest BCUT2D eigenvalue weighted by molar-refractivity contribution is -0.140. The molecule has 5 nitrogen and oxygen atoms in total. The number of ether oxygens (including phenoxy) is 2. The largest absolute Gasteiger partial charge is 0.493 e. The molecule has 6 heteroatoms. The van der Waals surface area contributed by atoms with Gasteiger partial charge in [-0.05, 0) is 46.5 Å². The molecular weight excluding hydrogens is 338 g/mol. The molecule has 2 N–H and O–H groups in total. The quantitative estimate of drug-likeness (QED) is 0.746. The topological polar surface area (TPSA) is 67.8 Å². The minimum atomic E-state index is -0.845. The third-order valence-electron chi connectivity index (χ3n) is 3.04. The SMILES string of the molecule is CCOc1c(Br)cc(CN[C@H](C(=O)O)C(C)C)cc1OC. The molecule has 0 saturated carbocycles. The maximum atomic E-state index is 11.2. The van der Waals surface area contributed by atoms with Gasteiger partial charge in [0.1, 0.15) is 6.04 Å². The van der Waals surface area contributed by atoms with Crippen LogP contribution in [-0.4, -0.2) is 30.8 Å². The summed E-state index contributed by atoms with van der Waals surface area (Å²) in [6, 6.07) is 3.17. The van der Waals surface area contributed by atoms with Crippen LogP contribution in [0.5, 0.6) is 11.5 Å². The Bertz CT molecular complexity index is 491. The molecule has 0 aliphatic carbocycles. The van der Waals surface area contributed by atoms with Crippen LogP contribution in [0.3, 0.4) is 0 Å². The molecule has 1 aromatic rings. The molecule has 0 bridgehead atoms. The fourth-order valence-corrected chi connectivity index (χ4v) is 2.60. The van der Waals surface area contributed by atoms with E-state index in [0.717, 1.165) is 10.0 Å². The zero-order valence-electron chi connectivity index (χ0n) is 12.8. The molecule has 0 aliphatic rings. The average Bonchev–Trinajstić information content (AvgIpc) is 2.40. The maximum Gasteiger partial charge on any atom is 0.320 e. The summed E-state index contributed by atoms with van der Waals surface area (Å²) in [4.78, 5) is 11.2. The normalized spacial score (nSPS) is 12.3. The predicted molar refractivity (Wildman–Crippen MR) is 85.0 cm³/mol. The number of carboxylic acid groups (broad SMARTS) is 1. The number of benzene rings is 1. The molecule has 0 aromatic heterocycles. The van der Waals surface area contributed by atoms with Crippen molar-refractivity contribution in [3.63, 3.8) is 0 Å². The highest BCUT2D eigenvalue weighted by Gasteiger charge is 2.21. The van der Waals surface area contributed by atoms with Gasteiger partial charge in [-0.25, -0.2) is 0 Å². The Hall–Kier alpha value is -1.27.